The largest absolute Gasteiger partial charge is 0.0616 e. The SMILES string of the molecule is c1ccc2c(c1)c1cccc3c4cccc5c6cc7c8ccccc8c8cccc9c%10cccc%11c%12cc2c(c13)c(c45)c%12c6c(c%10%11)c7c89. The zero-order valence-electron chi connectivity index (χ0n) is 25.7. The Labute approximate surface area is 272 Å². The van der Waals surface area contributed by atoms with Gasteiger partial charge in [-0.05, 0) is 152 Å². The van der Waals surface area contributed by atoms with Gasteiger partial charge in [0.15, 0.2) is 0 Å². The van der Waals surface area contributed by atoms with Crippen LogP contribution in [0.2, 0.25) is 0 Å². The molecule has 0 saturated heterocycles. The maximum Gasteiger partial charge on any atom is -0.0000926 e. The van der Waals surface area contributed by atoms with Gasteiger partial charge in [0.2, 0.25) is 0 Å². The molecule has 0 spiro atoms. The lowest BCUT2D eigenvalue weighted by molar-refractivity contribution is 1.80. The fourth-order valence-corrected chi connectivity index (χ4v) is 10.7. The molecule has 0 unspecified atom stereocenters. The molecule has 0 N–H and O–H groups in total. The highest BCUT2D eigenvalue weighted by atomic mass is 14.3. The van der Waals surface area contributed by atoms with Gasteiger partial charge < -0.3 is 0 Å². The normalized spacial score (nSPS) is 13.4. The molecule has 0 aliphatic heterocycles. The van der Waals surface area contributed by atoms with E-state index in [2.05, 4.69) is 133 Å². The second-order valence-electron chi connectivity index (χ2n) is 14.2. The van der Waals surface area contributed by atoms with Crippen molar-refractivity contribution >= 4 is 140 Å². The molecule has 0 aliphatic rings. The highest BCUT2D eigenvalue weighted by Gasteiger charge is 2.28. The molecule has 14 rings (SSSR count). The van der Waals surface area contributed by atoms with Crippen molar-refractivity contribution in [2.75, 3.05) is 0 Å². The van der Waals surface area contributed by atoms with Crippen LogP contribution in [0, 0.1) is 0 Å². The van der Waals surface area contributed by atoms with Crippen LogP contribution in [-0.4, -0.2) is 0 Å². The second kappa shape index (κ2) is 7.33. The van der Waals surface area contributed by atoms with Gasteiger partial charge in [-0.1, -0.05) is 121 Å². The third kappa shape index (κ3) is 2.23. The molecule has 0 amide bonds. The summed E-state index contributed by atoms with van der Waals surface area (Å²) in [5, 5.41) is 36.0. The van der Waals surface area contributed by atoms with Crippen LogP contribution in [0.25, 0.3) is 140 Å². The maximum atomic E-state index is 2.56. The first-order valence-corrected chi connectivity index (χ1v) is 17.0. The first-order valence-electron chi connectivity index (χ1n) is 17.0. The van der Waals surface area contributed by atoms with Crippen LogP contribution in [0.4, 0.5) is 0 Å². The van der Waals surface area contributed by atoms with E-state index in [4.69, 9.17) is 0 Å². The predicted molar refractivity (Wildman–Crippen MR) is 210 cm³/mol. The standard InChI is InChI=1S/C48H22/c1-3-11-25-23(9-1)27-13-5-15-29-31-17-7-20-34-38-22-36-26-12-4-2-10-24(26)28-14-6-16-30-32-18-8-19-33-37-21-35(25)43(39(27)29)47(41(31)34)45(37)46(38)48(42(32)33)44(36)40(28)30/h1-22H. The van der Waals surface area contributed by atoms with Crippen molar-refractivity contribution in [3.05, 3.63) is 133 Å². The van der Waals surface area contributed by atoms with Gasteiger partial charge in [-0.2, -0.15) is 0 Å². The monoisotopic (exact) mass is 598 g/mol. The minimum absolute atomic E-state index is 1.34. The highest BCUT2D eigenvalue weighted by Crippen LogP contribution is 2.57. The van der Waals surface area contributed by atoms with Crippen LogP contribution in [0.15, 0.2) is 133 Å². The Morgan fingerprint density at radius 3 is 0.708 bits per heavy atom. The van der Waals surface area contributed by atoms with E-state index in [1.165, 1.54) is 140 Å². The van der Waals surface area contributed by atoms with Gasteiger partial charge in [-0.3, -0.25) is 0 Å². The lowest BCUT2D eigenvalue weighted by Gasteiger charge is -2.27. The molecule has 0 bridgehead atoms. The van der Waals surface area contributed by atoms with Crippen LogP contribution >= 0.6 is 0 Å². The highest BCUT2D eigenvalue weighted by molar-refractivity contribution is 6.57. The van der Waals surface area contributed by atoms with E-state index >= 15 is 0 Å². The molecule has 48 heavy (non-hydrogen) atoms. The molecule has 0 aliphatic carbocycles. The van der Waals surface area contributed by atoms with Gasteiger partial charge in [-0.25, -0.2) is 0 Å². The van der Waals surface area contributed by atoms with Crippen molar-refractivity contribution in [1.29, 1.82) is 0 Å². The summed E-state index contributed by atoms with van der Waals surface area (Å²) in [7, 11) is 0. The third-order valence-corrected chi connectivity index (χ3v) is 12.3. The molecule has 0 radical (unpaired) electrons. The van der Waals surface area contributed by atoms with E-state index in [1.54, 1.807) is 0 Å². The summed E-state index contributed by atoms with van der Waals surface area (Å²) >= 11 is 0. The second-order valence-corrected chi connectivity index (χ2v) is 14.2. The topological polar surface area (TPSA) is 0 Å². The molecule has 0 heteroatoms. The molecule has 14 aromatic carbocycles. The molecule has 0 saturated carbocycles. The maximum absolute atomic E-state index is 2.56. The van der Waals surface area contributed by atoms with Crippen molar-refractivity contribution in [3.8, 4) is 0 Å². The first-order chi connectivity index (χ1) is 23.9. The summed E-state index contributed by atoms with van der Waals surface area (Å²) in [5.41, 5.74) is 0. The molecular formula is C48H22. The van der Waals surface area contributed by atoms with Crippen molar-refractivity contribution in [2.24, 2.45) is 0 Å². The molecule has 214 valence electrons. The Bertz CT molecular complexity index is 3460. The van der Waals surface area contributed by atoms with Crippen LogP contribution in [0.1, 0.15) is 0 Å². The van der Waals surface area contributed by atoms with Crippen molar-refractivity contribution in [2.45, 2.75) is 0 Å². The zero-order chi connectivity index (χ0) is 30.6. The van der Waals surface area contributed by atoms with Crippen LogP contribution < -0.4 is 0 Å². The summed E-state index contributed by atoms with van der Waals surface area (Å²) in [6.45, 7) is 0. The lowest BCUT2D eigenvalue weighted by atomic mass is 9.75. The quantitative estimate of drug-likeness (QED) is 0.120. The molecule has 0 atom stereocenters. The zero-order valence-corrected chi connectivity index (χ0v) is 25.7. The summed E-state index contributed by atoms with van der Waals surface area (Å²) in [6, 6.07) is 51.3. The van der Waals surface area contributed by atoms with Crippen LogP contribution in [0.3, 0.4) is 0 Å². The van der Waals surface area contributed by atoms with Gasteiger partial charge in [0.25, 0.3) is 0 Å². The van der Waals surface area contributed by atoms with Crippen molar-refractivity contribution in [1.82, 2.24) is 0 Å². The number of fused-ring (bicyclic) bond motifs is 10. The minimum atomic E-state index is 1.34. The summed E-state index contributed by atoms with van der Waals surface area (Å²) in [6.07, 6.45) is 0. The molecule has 0 aromatic heterocycles. The third-order valence-electron chi connectivity index (χ3n) is 12.3. The van der Waals surface area contributed by atoms with E-state index in [9.17, 15) is 0 Å². The minimum Gasteiger partial charge on any atom is -0.0616 e. The number of hydrogen-bond acceptors (Lipinski definition) is 0. The number of benzene rings is 14. The fraction of sp³-hybridized carbons (Fsp3) is 0. The van der Waals surface area contributed by atoms with E-state index in [1.807, 2.05) is 0 Å². The molecule has 0 fully saturated rings. The summed E-state index contributed by atoms with van der Waals surface area (Å²) < 4.78 is 0. The molecule has 0 nitrogen and oxygen atoms in total. The Kier molecular flexibility index (Phi) is 3.53. The van der Waals surface area contributed by atoms with Gasteiger partial charge in [0.05, 0.1) is 0 Å². The Morgan fingerprint density at radius 2 is 0.354 bits per heavy atom. The Morgan fingerprint density at radius 1 is 0.146 bits per heavy atom. The van der Waals surface area contributed by atoms with Gasteiger partial charge in [-0.15, -0.1) is 0 Å². The average Bonchev–Trinajstić information content (AvgIpc) is 3.16. The number of rotatable bonds is 0. The van der Waals surface area contributed by atoms with E-state index in [-0.39, 0.29) is 0 Å². The lowest BCUT2D eigenvalue weighted by Crippen LogP contribution is -1.98. The fourth-order valence-electron chi connectivity index (χ4n) is 10.7. The van der Waals surface area contributed by atoms with Crippen molar-refractivity contribution in [3.63, 3.8) is 0 Å². The smallest absolute Gasteiger partial charge is 0.0000926 e. The van der Waals surface area contributed by atoms with E-state index < -0.39 is 0 Å². The average molecular weight is 599 g/mol. The predicted octanol–water partition coefficient (Wildman–Crippen LogP) is 13.9. The van der Waals surface area contributed by atoms with E-state index in [0.29, 0.717) is 0 Å². The molecule has 0 heterocycles. The summed E-state index contributed by atoms with van der Waals surface area (Å²) in [5.74, 6) is 0. The van der Waals surface area contributed by atoms with Crippen molar-refractivity contribution < 1.29 is 0 Å². The van der Waals surface area contributed by atoms with Gasteiger partial charge in [0.1, 0.15) is 0 Å². The van der Waals surface area contributed by atoms with Crippen LogP contribution in [-0.2, 0) is 0 Å². The molecular weight excluding hydrogens is 577 g/mol. The summed E-state index contributed by atoms with van der Waals surface area (Å²) in [4.78, 5) is 0. The first kappa shape index (κ1) is 23.1. The Balaban J connectivity index is 1.47. The van der Waals surface area contributed by atoms with E-state index in [0.717, 1.165) is 0 Å². The number of hydrogen-bond donors (Lipinski definition) is 0. The van der Waals surface area contributed by atoms with Crippen LogP contribution in [0.5, 0.6) is 0 Å². The Hall–Kier alpha value is -6.24. The molecule has 14 aromatic rings. The van der Waals surface area contributed by atoms with Gasteiger partial charge in [0, 0.05) is 0 Å². The van der Waals surface area contributed by atoms with Gasteiger partial charge >= 0.3 is 0 Å².